The highest BCUT2D eigenvalue weighted by molar-refractivity contribution is 7.98. The van der Waals surface area contributed by atoms with E-state index in [1.165, 1.54) is 17.3 Å². The van der Waals surface area contributed by atoms with Crippen LogP contribution < -0.4 is 5.63 Å². The summed E-state index contributed by atoms with van der Waals surface area (Å²) in [4.78, 5) is 12.1. The van der Waals surface area contributed by atoms with Gasteiger partial charge in [-0.05, 0) is 51.9 Å². The fourth-order valence-electron chi connectivity index (χ4n) is 3.39. The molecule has 3 aromatic carbocycles. The van der Waals surface area contributed by atoms with Crippen molar-refractivity contribution >= 4 is 33.5 Å². The number of rotatable bonds is 4. The topological polar surface area (TPSA) is 73.8 Å². The number of tetrazole rings is 1. The van der Waals surface area contributed by atoms with Crippen LogP contribution in [0.3, 0.4) is 0 Å². The molecule has 0 radical (unpaired) electrons. The zero-order valence-electron chi connectivity index (χ0n) is 15.6. The molecule has 0 fully saturated rings. The summed E-state index contributed by atoms with van der Waals surface area (Å²) in [6.07, 6.45) is 0. The summed E-state index contributed by atoms with van der Waals surface area (Å²) >= 11 is 1.48. The van der Waals surface area contributed by atoms with Gasteiger partial charge in [0.1, 0.15) is 5.58 Å². The van der Waals surface area contributed by atoms with Gasteiger partial charge in [-0.3, -0.25) is 0 Å². The maximum absolute atomic E-state index is 12.1. The highest BCUT2D eigenvalue weighted by Gasteiger charge is 2.13. The lowest BCUT2D eigenvalue weighted by Gasteiger charge is -2.09. The van der Waals surface area contributed by atoms with Gasteiger partial charge in [-0.2, -0.15) is 4.68 Å². The number of aryl methyl sites for hydroxylation is 1. The zero-order chi connectivity index (χ0) is 19.8. The van der Waals surface area contributed by atoms with Crippen LogP contribution in [-0.2, 0) is 5.75 Å². The maximum Gasteiger partial charge on any atom is 0.336 e. The number of thioether (sulfide) groups is 1. The van der Waals surface area contributed by atoms with Crippen molar-refractivity contribution < 1.29 is 4.42 Å². The molecular weight excluding hydrogens is 384 g/mol. The van der Waals surface area contributed by atoms with Gasteiger partial charge in [-0.15, -0.1) is 5.10 Å². The Morgan fingerprint density at radius 3 is 2.72 bits per heavy atom. The fourth-order valence-corrected chi connectivity index (χ4v) is 4.26. The van der Waals surface area contributed by atoms with Gasteiger partial charge in [0.25, 0.3) is 0 Å². The smallest absolute Gasteiger partial charge is 0.336 e. The van der Waals surface area contributed by atoms with E-state index in [1.54, 1.807) is 10.7 Å². The minimum absolute atomic E-state index is 0.360. The monoisotopic (exact) mass is 400 g/mol. The molecule has 0 atom stereocenters. The van der Waals surface area contributed by atoms with E-state index >= 15 is 0 Å². The number of benzene rings is 3. The summed E-state index contributed by atoms with van der Waals surface area (Å²) in [5.41, 5.74) is 3.19. The fraction of sp³-hybridized carbons (Fsp3) is 0.0909. The first-order valence-electron chi connectivity index (χ1n) is 9.12. The predicted octanol–water partition coefficient (Wildman–Crippen LogP) is 4.52. The lowest BCUT2D eigenvalue weighted by Crippen LogP contribution is -2.02. The second kappa shape index (κ2) is 7.18. The van der Waals surface area contributed by atoms with Gasteiger partial charge >= 0.3 is 5.63 Å². The van der Waals surface area contributed by atoms with Gasteiger partial charge in [0.05, 0.1) is 5.69 Å². The molecule has 0 bridgehead atoms. The molecule has 0 saturated carbocycles. The van der Waals surface area contributed by atoms with Crippen molar-refractivity contribution in [2.45, 2.75) is 17.8 Å². The van der Waals surface area contributed by atoms with Crippen LogP contribution in [0.25, 0.3) is 27.4 Å². The Morgan fingerprint density at radius 2 is 1.86 bits per heavy atom. The Morgan fingerprint density at radius 1 is 1.03 bits per heavy atom. The molecule has 2 heterocycles. The van der Waals surface area contributed by atoms with E-state index in [-0.39, 0.29) is 5.63 Å². The van der Waals surface area contributed by atoms with Crippen LogP contribution in [0.1, 0.15) is 11.1 Å². The van der Waals surface area contributed by atoms with Gasteiger partial charge in [-0.1, -0.05) is 59.8 Å². The number of fused-ring (bicyclic) bond motifs is 3. The summed E-state index contributed by atoms with van der Waals surface area (Å²) in [6, 6.07) is 21.5. The van der Waals surface area contributed by atoms with E-state index in [9.17, 15) is 4.79 Å². The number of hydrogen-bond donors (Lipinski definition) is 0. The molecule has 5 aromatic rings. The molecule has 5 rings (SSSR count). The molecule has 142 valence electrons. The van der Waals surface area contributed by atoms with Crippen LogP contribution in [0.4, 0.5) is 0 Å². The molecule has 0 spiro atoms. The summed E-state index contributed by atoms with van der Waals surface area (Å²) in [5.74, 6) is 0.544. The Bertz CT molecular complexity index is 1390. The third-order valence-electron chi connectivity index (χ3n) is 4.79. The van der Waals surface area contributed by atoms with Crippen LogP contribution in [0, 0.1) is 6.92 Å². The molecule has 29 heavy (non-hydrogen) atoms. The second-order valence-electron chi connectivity index (χ2n) is 6.75. The van der Waals surface area contributed by atoms with Gasteiger partial charge in [-0.25, -0.2) is 4.79 Å². The standard InChI is InChI=1S/C22H16N4O2S/c1-14-6-9-17(10-7-14)26-22(23-24-25-26)29-13-16-12-20(27)28-19-11-8-15-4-2-3-5-18(15)21(16)19/h2-12H,13H2,1H3. The molecule has 0 N–H and O–H groups in total. The third kappa shape index (κ3) is 3.30. The molecule has 0 unspecified atom stereocenters. The summed E-state index contributed by atoms with van der Waals surface area (Å²) in [7, 11) is 0. The van der Waals surface area contributed by atoms with Crippen LogP contribution in [-0.4, -0.2) is 20.2 Å². The Hall–Kier alpha value is -3.45. The molecule has 2 aromatic heterocycles. The van der Waals surface area contributed by atoms with Crippen molar-refractivity contribution in [1.82, 2.24) is 20.2 Å². The van der Waals surface area contributed by atoms with E-state index < -0.39 is 0 Å². The van der Waals surface area contributed by atoms with Gasteiger partial charge < -0.3 is 4.42 Å². The van der Waals surface area contributed by atoms with Gasteiger partial charge in [0.15, 0.2) is 0 Å². The highest BCUT2D eigenvalue weighted by atomic mass is 32.2. The third-order valence-corrected chi connectivity index (χ3v) is 5.76. The zero-order valence-corrected chi connectivity index (χ0v) is 16.4. The Kier molecular flexibility index (Phi) is 4.37. The Balaban J connectivity index is 1.55. The summed E-state index contributed by atoms with van der Waals surface area (Å²) < 4.78 is 7.15. The van der Waals surface area contributed by atoms with Gasteiger partial charge in [0, 0.05) is 17.2 Å². The van der Waals surface area contributed by atoms with Crippen molar-refractivity contribution in [3.05, 3.63) is 88.3 Å². The van der Waals surface area contributed by atoms with Gasteiger partial charge in [0.2, 0.25) is 5.16 Å². The second-order valence-corrected chi connectivity index (χ2v) is 7.69. The van der Waals surface area contributed by atoms with E-state index in [2.05, 4.69) is 21.6 Å². The van der Waals surface area contributed by atoms with Crippen LogP contribution in [0.2, 0.25) is 0 Å². The largest absolute Gasteiger partial charge is 0.423 e. The molecule has 0 aliphatic heterocycles. The summed E-state index contributed by atoms with van der Waals surface area (Å²) in [5, 5.41) is 15.9. The molecule has 0 aliphatic rings. The molecule has 0 aliphatic carbocycles. The lowest BCUT2D eigenvalue weighted by atomic mass is 10.0. The molecule has 6 nitrogen and oxygen atoms in total. The van der Waals surface area contributed by atoms with Crippen molar-refractivity contribution in [1.29, 1.82) is 0 Å². The molecular formula is C22H16N4O2S. The van der Waals surface area contributed by atoms with Crippen molar-refractivity contribution in [2.24, 2.45) is 0 Å². The van der Waals surface area contributed by atoms with E-state index in [0.29, 0.717) is 16.5 Å². The van der Waals surface area contributed by atoms with Crippen molar-refractivity contribution in [2.75, 3.05) is 0 Å². The molecule has 0 amide bonds. The quantitative estimate of drug-likeness (QED) is 0.251. The first kappa shape index (κ1) is 17.6. The van der Waals surface area contributed by atoms with E-state index in [0.717, 1.165) is 27.4 Å². The number of aromatic nitrogens is 4. The minimum Gasteiger partial charge on any atom is -0.423 e. The van der Waals surface area contributed by atoms with Crippen LogP contribution >= 0.6 is 11.8 Å². The lowest BCUT2D eigenvalue weighted by molar-refractivity contribution is 0.560. The molecule has 7 heteroatoms. The van der Waals surface area contributed by atoms with E-state index in [1.807, 2.05) is 61.5 Å². The first-order valence-corrected chi connectivity index (χ1v) is 10.1. The van der Waals surface area contributed by atoms with Crippen LogP contribution in [0.5, 0.6) is 0 Å². The SMILES string of the molecule is Cc1ccc(-n2nnnc2SCc2cc(=O)oc3ccc4ccccc4c23)cc1. The Labute approximate surface area is 170 Å². The number of nitrogens with zero attached hydrogens (tertiary/aromatic N) is 4. The average molecular weight is 400 g/mol. The van der Waals surface area contributed by atoms with E-state index in [4.69, 9.17) is 4.42 Å². The number of hydrogen-bond acceptors (Lipinski definition) is 6. The predicted molar refractivity (Wildman–Crippen MR) is 113 cm³/mol. The summed E-state index contributed by atoms with van der Waals surface area (Å²) in [6.45, 7) is 2.04. The highest BCUT2D eigenvalue weighted by Crippen LogP contribution is 2.31. The first-order chi connectivity index (χ1) is 14.2. The minimum atomic E-state index is -0.360. The van der Waals surface area contributed by atoms with Crippen LogP contribution in [0.15, 0.2) is 81.1 Å². The average Bonchev–Trinajstić information content (AvgIpc) is 3.20. The maximum atomic E-state index is 12.1. The van der Waals surface area contributed by atoms with Crippen molar-refractivity contribution in [3.8, 4) is 5.69 Å². The normalized spacial score (nSPS) is 11.3. The molecule has 0 saturated heterocycles. The van der Waals surface area contributed by atoms with Crippen molar-refractivity contribution in [3.63, 3.8) is 0 Å².